The lowest BCUT2D eigenvalue weighted by molar-refractivity contribution is -0.137. The predicted molar refractivity (Wildman–Crippen MR) is 63.5 cm³/mol. The molecule has 0 aliphatic carbocycles. The van der Waals surface area contributed by atoms with Gasteiger partial charge in [0.25, 0.3) is 0 Å². The first-order chi connectivity index (χ1) is 7.39. The molecular formula is C12H18N2O2. The first-order valence-corrected chi connectivity index (χ1v) is 5.33. The van der Waals surface area contributed by atoms with Crippen LogP contribution in [0.1, 0.15) is 32.4 Å². The summed E-state index contributed by atoms with van der Waals surface area (Å²) >= 11 is 0. The van der Waals surface area contributed by atoms with Gasteiger partial charge in [0.1, 0.15) is 5.82 Å². The van der Waals surface area contributed by atoms with Crippen molar-refractivity contribution in [3.8, 4) is 0 Å². The fraction of sp³-hybridized carbons (Fsp3) is 0.500. The van der Waals surface area contributed by atoms with Gasteiger partial charge in [-0.05, 0) is 39.3 Å². The smallest absolute Gasteiger partial charge is 0.303 e. The second kappa shape index (κ2) is 4.96. The molecule has 0 fully saturated rings. The van der Waals surface area contributed by atoms with Gasteiger partial charge in [0, 0.05) is 17.7 Å². The maximum atomic E-state index is 10.5. The van der Waals surface area contributed by atoms with Crippen molar-refractivity contribution in [2.24, 2.45) is 0 Å². The Balaban J connectivity index is 2.61. The fourth-order valence-corrected chi connectivity index (χ4v) is 1.44. The van der Waals surface area contributed by atoms with Crippen LogP contribution in [0.3, 0.4) is 0 Å². The molecule has 0 aliphatic rings. The van der Waals surface area contributed by atoms with Crippen molar-refractivity contribution in [1.82, 2.24) is 4.98 Å². The van der Waals surface area contributed by atoms with Crippen LogP contribution in [-0.4, -0.2) is 21.6 Å². The Bertz CT molecular complexity index is 375. The first kappa shape index (κ1) is 12.5. The summed E-state index contributed by atoms with van der Waals surface area (Å²) in [6.07, 6.45) is 0.726. The highest BCUT2D eigenvalue weighted by Gasteiger charge is 2.19. The van der Waals surface area contributed by atoms with E-state index in [0.717, 1.165) is 11.5 Å². The van der Waals surface area contributed by atoms with Crippen LogP contribution >= 0.6 is 0 Å². The van der Waals surface area contributed by atoms with Crippen molar-refractivity contribution in [3.63, 3.8) is 0 Å². The van der Waals surface area contributed by atoms with Gasteiger partial charge in [0.2, 0.25) is 0 Å². The van der Waals surface area contributed by atoms with Crippen LogP contribution in [0.2, 0.25) is 0 Å². The van der Waals surface area contributed by atoms with E-state index >= 15 is 0 Å². The number of pyridine rings is 1. The van der Waals surface area contributed by atoms with Gasteiger partial charge in [0.15, 0.2) is 0 Å². The average molecular weight is 222 g/mol. The highest BCUT2D eigenvalue weighted by atomic mass is 16.4. The normalized spacial score (nSPS) is 11.2. The summed E-state index contributed by atoms with van der Waals surface area (Å²) in [7, 11) is 0. The van der Waals surface area contributed by atoms with E-state index in [4.69, 9.17) is 5.11 Å². The molecule has 0 spiro atoms. The Hall–Kier alpha value is -1.58. The molecule has 1 aromatic rings. The number of rotatable bonds is 5. The summed E-state index contributed by atoms with van der Waals surface area (Å²) in [5.74, 6) is 0.0162. The Morgan fingerprint density at radius 1 is 1.50 bits per heavy atom. The number of anilines is 1. The Morgan fingerprint density at radius 3 is 2.75 bits per heavy atom. The average Bonchev–Trinajstić information content (AvgIpc) is 2.14. The van der Waals surface area contributed by atoms with Gasteiger partial charge < -0.3 is 10.4 Å². The molecule has 0 saturated carbocycles. The quantitative estimate of drug-likeness (QED) is 0.803. The van der Waals surface area contributed by atoms with E-state index in [1.807, 2.05) is 39.0 Å². The van der Waals surface area contributed by atoms with E-state index < -0.39 is 5.97 Å². The van der Waals surface area contributed by atoms with E-state index in [0.29, 0.717) is 6.42 Å². The van der Waals surface area contributed by atoms with Gasteiger partial charge in [-0.1, -0.05) is 6.07 Å². The number of carboxylic acid groups (broad SMARTS) is 1. The Kier molecular flexibility index (Phi) is 3.88. The number of aliphatic carboxylic acids is 1. The van der Waals surface area contributed by atoms with E-state index in [1.54, 1.807) is 0 Å². The minimum Gasteiger partial charge on any atom is -0.481 e. The van der Waals surface area contributed by atoms with Gasteiger partial charge in [0.05, 0.1) is 0 Å². The van der Waals surface area contributed by atoms with Gasteiger partial charge in [-0.3, -0.25) is 4.79 Å². The Labute approximate surface area is 95.7 Å². The molecule has 0 saturated heterocycles. The van der Waals surface area contributed by atoms with Gasteiger partial charge in [-0.15, -0.1) is 0 Å². The van der Waals surface area contributed by atoms with Crippen molar-refractivity contribution in [2.75, 3.05) is 5.32 Å². The second-order valence-corrected chi connectivity index (χ2v) is 4.57. The number of nitrogens with one attached hydrogen (secondary N) is 1. The van der Waals surface area contributed by atoms with E-state index in [9.17, 15) is 4.79 Å². The molecule has 2 N–H and O–H groups in total. The lowest BCUT2D eigenvalue weighted by Crippen LogP contribution is -2.32. The number of carboxylic acids is 1. The molecule has 1 rings (SSSR count). The number of nitrogens with zero attached hydrogens (tertiary/aromatic N) is 1. The van der Waals surface area contributed by atoms with Crippen molar-refractivity contribution in [2.45, 2.75) is 39.2 Å². The van der Waals surface area contributed by atoms with Gasteiger partial charge >= 0.3 is 5.97 Å². The van der Waals surface area contributed by atoms with Crippen LogP contribution in [0.25, 0.3) is 0 Å². The molecule has 0 radical (unpaired) electrons. The third kappa shape index (κ3) is 4.29. The molecule has 0 aromatic carbocycles. The fourth-order valence-electron chi connectivity index (χ4n) is 1.44. The SMILES string of the molecule is Cc1cccc(NC(C)(C)CCC(=O)O)n1. The number of aromatic nitrogens is 1. The molecule has 0 aliphatic heterocycles. The highest BCUT2D eigenvalue weighted by molar-refractivity contribution is 5.66. The molecular weight excluding hydrogens is 204 g/mol. The maximum Gasteiger partial charge on any atom is 0.303 e. The molecule has 1 heterocycles. The molecule has 0 unspecified atom stereocenters. The zero-order valence-corrected chi connectivity index (χ0v) is 9.95. The largest absolute Gasteiger partial charge is 0.481 e. The van der Waals surface area contributed by atoms with Crippen molar-refractivity contribution in [1.29, 1.82) is 0 Å². The van der Waals surface area contributed by atoms with Crippen LogP contribution < -0.4 is 5.32 Å². The molecule has 0 atom stereocenters. The summed E-state index contributed by atoms with van der Waals surface area (Å²) in [6.45, 7) is 5.87. The van der Waals surface area contributed by atoms with Crippen LogP contribution in [0, 0.1) is 6.92 Å². The minimum atomic E-state index is -0.771. The Morgan fingerprint density at radius 2 is 2.19 bits per heavy atom. The van der Waals surface area contributed by atoms with E-state index in [-0.39, 0.29) is 12.0 Å². The monoisotopic (exact) mass is 222 g/mol. The molecule has 88 valence electrons. The zero-order valence-electron chi connectivity index (χ0n) is 9.95. The van der Waals surface area contributed by atoms with Crippen LogP contribution in [-0.2, 0) is 4.79 Å². The maximum absolute atomic E-state index is 10.5. The highest BCUT2D eigenvalue weighted by Crippen LogP contribution is 2.18. The number of carbonyl (C=O) groups is 1. The third-order valence-corrected chi connectivity index (χ3v) is 2.32. The lowest BCUT2D eigenvalue weighted by Gasteiger charge is -2.26. The number of hydrogen-bond acceptors (Lipinski definition) is 3. The summed E-state index contributed by atoms with van der Waals surface area (Å²) in [5.41, 5.74) is 0.679. The summed E-state index contributed by atoms with van der Waals surface area (Å²) in [6, 6.07) is 5.74. The molecule has 1 aromatic heterocycles. The third-order valence-electron chi connectivity index (χ3n) is 2.32. The van der Waals surface area contributed by atoms with Crippen LogP contribution in [0.15, 0.2) is 18.2 Å². The van der Waals surface area contributed by atoms with E-state index in [2.05, 4.69) is 10.3 Å². The van der Waals surface area contributed by atoms with Crippen molar-refractivity contribution >= 4 is 11.8 Å². The lowest BCUT2D eigenvalue weighted by atomic mass is 9.98. The van der Waals surface area contributed by atoms with Crippen molar-refractivity contribution < 1.29 is 9.90 Å². The van der Waals surface area contributed by atoms with Gasteiger partial charge in [-0.2, -0.15) is 0 Å². The molecule has 0 bridgehead atoms. The van der Waals surface area contributed by atoms with E-state index in [1.165, 1.54) is 0 Å². The first-order valence-electron chi connectivity index (χ1n) is 5.33. The zero-order chi connectivity index (χ0) is 12.2. The van der Waals surface area contributed by atoms with Crippen molar-refractivity contribution in [3.05, 3.63) is 23.9 Å². The summed E-state index contributed by atoms with van der Waals surface area (Å²) in [5, 5.41) is 11.9. The number of hydrogen-bond donors (Lipinski definition) is 2. The summed E-state index contributed by atoms with van der Waals surface area (Å²) < 4.78 is 0. The van der Waals surface area contributed by atoms with Crippen LogP contribution in [0.5, 0.6) is 0 Å². The van der Waals surface area contributed by atoms with Crippen LogP contribution in [0.4, 0.5) is 5.82 Å². The molecule has 16 heavy (non-hydrogen) atoms. The standard InChI is InChI=1S/C12H18N2O2/c1-9-5-4-6-10(13-9)14-12(2,3)8-7-11(15)16/h4-6H,7-8H2,1-3H3,(H,13,14)(H,15,16). The molecule has 0 amide bonds. The predicted octanol–water partition coefficient (Wildman–Crippen LogP) is 2.45. The number of aryl methyl sites for hydroxylation is 1. The minimum absolute atomic E-state index is 0.159. The molecule has 4 heteroatoms. The topological polar surface area (TPSA) is 62.2 Å². The molecule has 4 nitrogen and oxygen atoms in total. The second-order valence-electron chi connectivity index (χ2n) is 4.57. The summed E-state index contributed by atoms with van der Waals surface area (Å²) in [4.78, 5) is 14.8. The van der Waals surface area contributed by atoms with Gasteiger partial charge in [-0.25, -0.2) is 4.98 Å².